The van der Waals surface area contributed by atoms with Gasteiger partial charge in [0, 0.05) is 17.7 Å². The molecule has 0 amide bonds. The maximum Gasteiger partial charge on any atom is 0.269 e. The van der Waals surface area contributed by atoms with E-state index in [0.29, 0.717) is 16.9 Å². The number of nitro groups is 1. The minimum absolute atomic E-state index is 0.0104. The molecule has 0 heterocycles. The summed E-state index contributed by atoms with van der Waals surface area (Å²) in [7, 11) is 1.58. The summed E-state index contributed by atoms with van der Waals surface area (Å²) in [6.45, 7) is 0. The fraction of sp³-hybridized carbons (Fsp3) is 0.0500. The van der Waals surface area contributed by atoms with E-state index in [4.69, 9.17) is 4.74 Å². The summed E-state index contributed by atoms with van der Waals surface area (Å²) in [5, 5.41) is 22.4. The summed E-state index contributed by atoms with van der Waals surface area (Å²) in [5.41, 5.74) is 1.81. The van der Waals surface area contributed by atoms with Crippen molar-refractivity contribution in [3.05, 3.63) is 81.9 Å². The van der Waals surface area contributed by atoms with E-state index in [-0.39, 0.29) is 5.69 Å². The number of allylic oxidation sites excluding steroid dienone is 1. The van der Waals surface area contributed by atoms with Gasteiger partial charge in [0.25, 0.3) is 5.69 Å². The van der Waals surface area contributed by atoms with Crippen LogP contribution in [0.3, 0.4) is 0 Å². The molecule has 0 saturated carbocycles. The van der Waals surface area contributed by atoms with Gasteiger partial charge in [-0.15, -0.1) is 0 Å². The van der Waals surface area contributed by atoms with Crippen molar-refractivity contribution in [2.24, 2.45) is 0 Å². The Balaban J connectivity index is 2.16. The molecule has 0 aliphatic rings. The largest absolute Gasteiger partial charge is 0.496 e. The third kappa shape index (κ3) is 3.19. The van der Waals surface area contributed by atoms with Gasteiger partial charge in [-0.05, 0) is 40.6 Å². The molecule has 0 aromatic heterocycles. The number of non-ortho nitro benzene ring substituents is 1. The molecule has 5 heteroatoms. The third-order valence-corrected chi connectivity index (χ3v) is 3.95. The number of ether oxygens (including phenoxy) is 1. The molecule has 3 rings (SSSR count). The summed E-state index contributed by atoms with van der Waals surface area (Å²) in [6, 6.07) is 19.7. The van der Waals surface area contributed by atoms with E-state index in [2.05, 4.69) is 6.07 Å². The van der Waals surface area contributed by atoms with Crippen molar-refractivity contribution in [1.29, 1.82) is 5.26 Å². The quantitative estimate of drug-likeness (QED) is 0.297. The SMILES string of the molecule is COc1ccc2ccccc2c1/C=C(\C#N)c1ccc([N+](=O)[O-])cc1. The van der Waals surface area contributed by atoms with Crippen molar-refractivity contribution >= 4 is 28.1 Å². The van der Waals surface area contributed by atoms with Gasteiger partial charge in [0.05, 0.1) is 23.7 Å². The van der Waals surface area contributed by atoms with Gasteiger partial charge < -0.3 is 4.74 Å². The molecular formula is C20H14N2O3. The topological polar surface area (TPSA) is 76.2 Å². The average molecular weight is 330 g/mol. The van der Waals surface area contributed by atoms with Crippen molar-refractivity contribution < 1.29 is 9.66 Å². The first-order valence-electron chi connectivity index (χ1n) is 7.56. The zero-order valence-corrected chi connectivity index (χ0v) is 13.5. The lowest BCUT2D eigenvalue weighted by Crippen LogP contribution is -1.91. The lowest BCUT2D eigenvalue weighted by Gasteiger charge is -2.10. The van der Waals surface area contributed by atoms with Crippen LogP contribution in [0.25, 0.3) is 22.4 Å². The monoisotopic (exact) mass is 330 g/mol. The number of fused-ring (bicyclic) bond motifs is 1. The van der Waals surface area contributed by atoms with E-state index in [1.807, 2.05) is 36.4 Å². The zero-order valence-electron chi connectivity index (χ0n) is 13.5. The van der Waals surface area contributed by atoms with Gasteiger partial charge in [0.2, 0.25) is 0 Å². The second kappa shape index (κ2) is 6.85. The maximum absolute atomic E-state index is 10.8. The van der Waals surface area contributed by atoms with Gasteiger partial charge in [-0.3, -0.25) is 10.1 Å². The van der Waals surface area contributed by atoms with Crippen LogP contribution in [-0.2, 0) is 0 Å². The molecule has 0 fully saturated rings. The second-order valence-corrected chi connectivity index (χ2v) is 5.38. The standard InChI is InChI=1S/C20H14N2O3/c1-25-20-11-8-15-4-2-3-5-18(15)19(20)12-16(13-21)14-6-9-17(10-7-14)22(23)24/h2-12H,1H3/b16-12+. The van der Waals surface area contributed by atoms with Crippen LogP contribution < -0.4 is 4.74 Å². The van der Waals surface area contributed by atoms with Crippen LogP contribution in [0.1, 0.15) is 11.1 Å². The number of benzene rings is 3. The molecule has 3 aromatic rings. The number of hydrogen-bond donors (Lipinski definition) is 0. The Bertz CT molecular complexity index is 1020. The molecule has 0 radical (unpaired) electrons. The van der Waals surface area contributed by atoms with Gasteiger partial charge >= 0.3 is 0 Å². The van der Waals surface area contributed by atoms with E-state index in [0.717, 1.165) is 16.3 Å². The summed E-state index contributed by atoms with van der Waals surface area (Å²) in [4.78, 5) is 10.3. The Kier molecular flexibility index (Phi) is 4.44. The fourth-order valence-electron chi connectivity index (χ4n) is 2.69. The molecule has 0 N–H and O–H groups in total. The highest BCUT2D eigenvalue weighted by Gasteiger charge is 2.10. The highest BCUT2D eigenvalue weighted by molar-refractivity contribution is 6.00. The average Bonchev–Trinajstić information content (AvgIpc) is 2.66. The molecule has 3 aromatic carbocycles. The predicted molar refractivity (Wildman–Crippen MR) is 97.1 cm³/mol. The van der Waals surface area contributed by atoms with Gasteiger partial charge in [-0.2, -0.15) is 5.26 Å². The van der Waals surface area contributed by atoms with Crippen LogP contribution in [0.15, 0.2) is 60.7 Å². The van der Waals surface area contributed by atoms with Crippen molar-refractivity contribution in [3.63, 3.8) is 0 Å². The van der Waals surface area contributed by atoms with Gasteiger partial charge in [0.1, 0.15) is 5.75 Å². The van der Waals surface area contributed by atoms with Crippen molar-refractivity contribution in [2.45, 2.75) is 0 Å². The number of rotatable bonds is 4. The Morgan fingerprint density at radius 3 is 2.48 bits per heavy atom. The summed E-state index contributed by atoms with van der Waals surface area (Å²) < 4.78 is 5.44. The van der Waals surface area contributed by atoms with E-state index in [9.17, 15) is 15.4 Å². The second-order valence-electron chi connectivity index (χ2n) is 5.38. The minimum Gasteiger partial charge on any atom is -0.496 e. The summed E-state index contributed by atoms with van der Waals surface area (Å²) in [5.74, 6) is 0.661. The van der Waals surface area contributed by atoms with Crippen LogP contribution in [0, 0.1) is 21.4 Å². The summed E-state index contributed by atoms with van der Waals surface area (Å²) in [6.07, 6.45) is 1.75. The van der Waals surface area contributed by atoms with Gasteiger partial charge in [-0.25, -0.2) is 0 Å². The molecule has 0 saturated heterocycles. The molecule has 25 heavy (non-hydrogen) atoms. The highest BCUT2D eigenvalue weighted by atomic mass is 16.6. The molecule has 122 valence electrons. The maximum atomic E-state index is 10.8. The molecule has 0 unspecified atom stereocenters. The van der Waals surface area contributed by atoms with Crippen LogP contribution in [-0.4, -0.2) is 12.0 Å². The lowest BCUT2D eigenvalue weighted by molar-refractivity contribution is -0.384. The van der Waals surface area contributed by atoms with E-state index in [1.165, 1.54) is 12.1 Å². The van der Waals surface area contributed by atoms with Crippen LogP contribution in [0.5, 0.6) is 5.75 Å². The Labute approximate surface area is 144 Å². The molecular weight excluding hydrogens is 316 g/mol. The molecule has 0 aliphatic carbocycles. The number of nitrogens with zero attached hydrogens (tertiary/aromatic N) is 2. The smallest absolute Gasteiger partial charge is 0.269 e. The van der Waals surface area contributed by atoms with Crippen molar-refractivity contribution in [3.8, 4) is 11.8 Å². The highest BCUT2D eigenvalue weighted by Crippen LogP contribution is 2.32. The van der Waals surface area contributed by atoms with Gasteiger partial charge in [0.15, 0.2) is 0 Å². The van der Waals surface area contributed by atoms with E-state index < -0.39 is 4.92 Å². The first-order valence-corrected chi connectivity index (χ1v) is 7.56. The Morgan fingerprint density at radius 2 is 1.84 bits per heavy atom. The van der Waals surface area contributed by atoms with Crippen LogP contribution >= 0.6 is 0 Å². The van der Waals surface area contributed by atoms with Crippen molar-refractivity contribution in [2.75, 3.05) is 7.11 Å². The minimum atomic E-state index is -0.465. The molecule has 0 spiro atoms. The molecule has 0 bridgehead atoms. The number of methoxy groups -OCH3 is 1. The summed E-state index contributed by atoms with van der Waals surface area (Å²) >= 11 is 0. The number of nitro benzene ring substituents is 1. The Morgan fingerprint density at radius 1 is 1.12 bits per heavy atom. The fourth-order valence-corrected chi connectivity index (χ4v) is 2.69. The van der Waals surface area contributed by atoms with Crippen LogP contribution in [0.2, 0.25) is 0 Å². The molecule has 0 aliphatic heterocycles. The lowest BCUT2D eigenvalue weighted by atomic mass is 9.98. The number of hydrogen-bond acceptors (Lipinski definition) is 4. The van der Waals surface area contributed by atoms with E-state index in [1.54, 1.807) is 25.3 Å². The van der Waals surface area contributed by atoms with Gasteiger partial charge in [-0.1, -0.05) is 30.3 Å². The third-order valence-electron chi connectivity index (χ3n) is 3.95. The first kappa shape index (κ1) is 16.2. The zero-order chi connectivity index (χ0) is 17.8. The van der Waals surface area contributed by atoms with Crippen molar-refractivity contribution in [1.82, 2.24) is 0 Å². The first-order chi connectivity index (χ1) is 12.1. The molecule has 0 atom stereocenters. The normalized spacial score (nSPS) is 11.1. The van der Waals surface area contributed by atoms with Crippen LogP contribution in [0.4, 0.5) is 5.69 Å². The predicted octanol–water partition coefficient (Wildman–Crippen LogP) is 4.82. The Hall–Kier alpha value is -3.65. The molecule has 5 nitrogen and oxygen atoms in total. The van der Waals surface area contributed by atoms with E-state index >= 15 is 0 Å². The number of nitriles is 1.